The molecule has 0 aliphatic rings. The Morgan fingerprint density at radius 1 is 0.862 bits per heavy atom. The van der Waals surface area contributed by atoms with Gasteiger partial charge in [-0.05, 0) is 72.5 Å². The summed E-state index contributed by atoms with van der Waals surface area (Å²) in [4.78, 5) is 11.1. The zero-order valence-electron chi connectivity index (χ0n) is 15.7. The van der Waals surface area contributed by atoms with Gasteiger partial charge in [-0.1, -0.05) is 12.1 Å². The van der Waals surface area contributed by atoms with Crippen LogP contribution in [0.25, 0.3) is 11.1 Å². The Balaban J connectivity index is 2.10. The number of carbonyl (C=O) groups is 1. The molecule has 0 aromatic heterocycles. The van der Waals surface area contributed by atoms with E-state index in [1.54, 1.807) is 44.2 Å². The highest BCUT2D eigenvalue weighted by Crippen LogP contribution is 2.34. The van der Waals surface area contributed by atoms with Crippen LogP contribution < -0.4 is 4.31 Å². The van der Waals surface area contributed by atoms with Crippen molar-refractivity contribution in [3.8, 4) is 22.6 Å². The van der Waals surface area contributed by atoms with Crippen molar-refractivity contribution in [3.63, 3.8) is 0 Å². The van der Waals surface area contributed by atoms with E-state index in [9.17, 15) is 23.4 Å². The van der Waals surface area contributed by atoms with Crippen LogP contribution in [0, 0.1) is 13.8 Å². The minimum absolute atomic E-state index is 0.110. The number of hydrogen-bond donors (Lipinski definition) is 4. The molecular formula is C21H19NO6S. The molecule has 0 aliphatic heterocycles. The van der Waals surface area contributed by atoms with E-state index in [1.165, 1.54) is 6.07 Å². The minimum Gasteiger partial charge on any atom is -0.507 e. The van der Waals surface area contributed by atoms with Gasteiger partial charge in [0.1, 0.15) is 17.1 Å². The normalized spacial score (nSPS) is 10.9. The van der Waals surface area contributed by atoms with Crippen molar-refractivity contribution in [3.05, 3.63) is 71.3 Å². The number of hydrogen-bond acceptors (Lipinski definition) is 5. The number of aromatic carboxylic acids is 1. The third-order valence-electron chi connectivity index (χ3n) is 4.53. The Labute approximate surface area is 169 Å². The number of nitrogens with zero attached hydrogens (tertiary/aromatic N) is 1. The van der Waals surface area contributed by atoms with Crippen molar-refractivity contribution < 1.29 is 28.5 Å². The molecule has 150 valence electrons. The lowest BCUT2D eigenvalue weighted by Crippen LogP contribution is -2.14. The summed E-state index contributed by atoms with van der Waals surface area (Å²) in [7, 11) is -3.12. The van der Waals surface area contributed by atoms with Crippen molar-refractivity contribution in [1.29, 1.82) is 0 Å². The van der Waals surface area contributed by atoms with Gasteiger partial charge in [-0.2, -0.15) is 0 Å². The maximum absolute atomic E-state index is 12.0. The van der Waals surface area contributed by atoms with Crippen LogP contribution in [0.15, 0.2) is 54.6 Å². The van der Waals surface area contributed by atoms with E-state index in [1.807, 2.05) is 6.07 Å². The van der Waals surface area contributed by atoms with E-state index in [0.717, 1.165) is 27.6 Å². The third kappa shape index (κ3) is 4.02. The molecule has 3 N–H and O–H groups in total. The van der Waals surface area contributed by atoms with Crippen LogP contribution in [-0.2, 0) is 10.9 Å². The number of phenols is 2. The molecule has 0 saturated carbocycles. The maximum atomic E-state index is 12.0. The summed E-state index contributed by atoms with van der Waals surface area (Å²) in [6.45, 7) is 3.56. The molecule has 0 aliphatic carbocycles. The number of thiol groups is 1. The lowest BCUT2D eigenvalue weighted by molar-refractivity contribution is 0.0693. The van der Waals surface area contributed by atoms with E-state index in [-0.39, 0.29) is 17.0 Å². The minimum atomic E-state index is -3.12. The standard InChI is InChI=1S/C21H19NO6S/c1-12-8-15(9-13(2)20(12)24)14-4-3-5-16(10-14)22(29(27)28)17-6-7-18(21(25)26)19(23)11-17/h3-11,23-24,29H,1-2H3,(H,25,26). The molecule has 29 heavy (non-hydrogen) atoms. The summed E-state index contributed by atoms with van der Waals surface area (Å²) in [6.07, 6.45) is 0. The van der Waals surface area contributed by atoms with Gasteiger partial charge < -0.3 is 15.3 Å². The van der Waals surface area contributed by atoms with E-state index in [2.05, 4.69) is 0 Å². The second-order valence-electron chi connectivity index (χ2n) is 6.57. The number of phenolic OH excluding ortho intramolecular Hbond substituents is 1. The van der Waals surface area contributed by atoms with Crippen molar-refractivity contribution in [2.45, 2.75) is 13.8 Å². The van der Waals surface area contributed by atoms with Crippen molar-refractivity contribution in [2.75, 3.05) is 4.31 Å². The number of aryl methyl sites for hydroxylation is 2. The molecule has 0 unspecified atom stereocenters. The zero-order valence-corrected chi connectivity index (χ0v) is 16.6. The third-order valence-corrected chi connectivity index (χ3v) is 5.32. The Morgan fingerprint density at radius 2 is 1.48 bits per heavy atom. The Kier molecular flexibility index (Phi) is 5.47. The smallest absolute Gasteiger partial charge is 0.339 e. The fourth-order valence-electron chi connectivity index (χ4n) is 3.11. The second-order valence-corrected chi connectivity index (χ2v) is 7.44. The zero-order chi connectivity index (χ0) is 21.3. The summed E-state index contributed by atoms with van der Waals surface area (Å²) in [6, 6.07) is 13.9. The highest BCUT2D eigenvalue weighted by Gasteiger charge is 2.17. The first-order valence-electron chi connectivity index (χ1n) is 8.60. The number of rotatable bonds is 5. The Hall–Kier alpha value is -3.52. The lowest BCUT2D eigenvalue weighted by atomic mass is 9.99. The van der Waals surface area contributed by atoms with E-state index in [4.69, 9.17) is 5.11 Å². The molecule has 3 aromatic carbocycles. The summed E-state index contributed by atoms with van der Waals surface area (Å²) < 4.78 is 24.9. The highest BCUT2D eigenvalue weighted by atomic mass is 32.2. The van der Waals surface area contributed by atoms with Crippen molar-refractivity contribution >= 4 is 28.2 Å². The number of carboxylic acid groups (broad SMARTS) is 1. The monoisotopic (exact) mass is 413 g/mol. The first-order chi connectivity index (χ1) is 13.7. The van der Waals surface area contributed by atoms with Crippen LogP contribution in [0.5, 0.6) is 11.5 Å². The molecule has 3 aromatic rings. The predicted molar refractivity (Wildman–Crippen MR) is 111 cm³/mol. The van der Waals surface area contributed by atoms with Gasteiger partial charge in [-0.25, -0.2) is 17.5 Å². The van der Waals surface area contributed by atoms with Crippen molar-refractivity contribution in [2.24, 2.45) is 0 Å². The average molecular weight is 413 g/mol. The van der Waals surface area contributed by atoms with Crippen molar-refractivity contribution in [1.82, 2.24) is 0 Å². The van der Waals surface area contributed by atoms with Gasteiger partial charge in [0.25, 0.3) is 0 Å². The van der Waals surface area contributed by atoms with Gasteiger partial charge in [0, 0.05) is 6.07 Å². The molecule has 0 spiro atoms. The summed E-state index contributed by atoms with van der Waals surface area (Å²) in [5.41, 5.74) is 3.06. The Bertz CT molecular complexity index is 1150. The maximum Gasteiger partial charge on any atom is 0.339 e. The van der Waals surface area contributed by atoms with Gasteiger partial charge in [-0.3, -0.25) is 0 Å². The number of anilines is 2. The van der Waals surface area contributed by atoms with Gasteiger partial charge in [0.2, 0.25) is 10.9 Å². The topological polar surface area (TPSA) is 115 Å². The summed E-state index contributed by atoms with van der Waals surface area (Å²) in [5, 5.41) is 28.9. The summed E-state index contributed by atoms with van der Waals surface area (Å²) >= 11 is 0. The van der Waals surface area contributed by atoms with Gasteiger partial charge >= 0.3 is 5.97 Å². The fourth-order valence-corrected chi connectivity index (χ4v) is 3.74. The molecule has 8 heteroatoms. The lowest BCUT2D eigenvalue weighted by Gasteiger charge is -2.19. The first kappa shape index (κ1) is 20.2. The van der Waals surface area contributed by atoms with Gasteiger partial charge in [-0.15, -0.1) is 0 Å². The van der Waals surface area contributed by atoms with E-state index >= 15 is 0 Å². The quantitative estimate of drug-likeness (QED) is 0.474. The fraction of sp³-hybridized carbons (Fsp3) is 0.0952. The molecule has 0 atom stereocenters. The van der Waals surface area contributed by atoms with Gasteiger partial charge in [0.15, 0.2) is 0 Å². The average Bonchev–Trinajstić information content (AvgIpc) is 2.65. The molecule has 7 nitrogen and oxygen atoms in total. The molecular weight excluding hydrogens is 394 g/mol. The van der Waals surface area contributed by atoms with E-state index < -0.39 is 22.6 Å². The first-order valence-corrected chi connectivity index (χ1v) is 9.73. The summed E-state index contributed by atoms with van der Waals surface area (Å²) in [5.74, 6) is -1.63. The molecule has 3 rings (SSSR count). The second kappa shape index (κ2) is 7.84. The predicted octanol–water partition coefficient (Wildman–Crippen LogP) is 3.74. The Morgan fingerprint density at radius 3 is 2.03 bits per heavy atom. The number of aromatic hydroxyl groups is 2. The van der Waals surface area contributed by atoms with Crippen LogP contribution >= 0.6 is 0 Å². The van der Waals surface area contributed by atoms with Gasteiger partial charge in [0.05, 0.1) is 11.4 Å². The van der Waals surface area contributed by atoms with Crippen LogP contribution in [0.4, 0.5) is 11.4 Å². The molecule has 0 fully saturated rings. The van der Waals surface area contributed by atoms with Crippen LogP contribution in [0.2, 0.25) is 0 Å². The number of carboxylic acids is 1. The molecule has 0 heterocycles. The largest absolute Gasteiger partial charge is 0.507 e. The molecule has 0 radical (unpaired) electrons. The van der Waals surface area contributed by atoms with Crippen LogP contribution in [-0.4, -0.2) is 29.7 Å². The van der Waals surface area contributed by atoms with Crippen LogP contribution in [0.3, 0.4) is 0 Å². The van der Waals surface area contributed by atoms with E-state index in [0.29, 0.717) is 16.8 Å². The highest BCUT2D eigenvalue weighted by molar-refractivity contribution is 7.74. The number of benzene rings is 3. The molecule has 0 bridgehead atoms. The molecule has 0 amide bonds. The van der Waals surface area contributed by atoms with Crippen LogP contribution in [0.1, 0.15) is 21.5 Å². The molecule has 0 saturated heterocycles. The SMILES string of the molecule is Cc1cc(-c2cccc(N(c3ccc(C(=O)O)c(O)c3)[SH](=O)=O)c2)cc(C)c1O.